The molecular formula is C15H21N5S. The van der Waals surface area contributed by atoms with Gasteiger partial charge in [-0.05, 0) is 18.2 Å². The van der Waals surface area contributed by atoms with Crippen LogP contribution in [0.15, 0.2) is 40.5 Å². The van der Waals surface area contributed by atoms with Crippen LogP contribution in [-0.4, -0.2) is 20.8 Å². The van der Waals surface area contributed by atoms with Crippen molar-refractivity contribution in [2.24, 2.45) is 4.99 Å². The van der Waals surface area contributed by atoms with Gasteiger partial charge in [-0.2, -0.15) is 9.97 Å². The highest BCUT2D eigenvalue weighted by molar-refractivity contribution is 7.98. The first-order valence-corrected chi connectivity index (χ1v) is 8.29. The molecule has 0 spiro atoms. The smallest absolute Gasteiger partial charge is 0.250 e. The summed E-state index contributed by atoms with van der Waals surface area (Å²) in [5, 5.41) is 0.864. The van der Waals surface area contributed by atoms with E-state index in [4.69, 9.17) is 5.73 Å². The Hall–Kier alpha value is -1.82. The number of nitrogen functional groups attached to an aromatic ring is 1. The molecule has 0 aliphatic carbocycles. The Labute approximate surface area is 129 Å². The zero-order valence-corrected chi connectivity index (χ0v) is 13.3. The van der Waals surface area contributed by atoms with Crippen LogP contribution in [0.3, 0.4) is 0 Å². The van der Waals surface area contributed by atoms with Crippen LogP contribution < -0.4 is 11.4 Å². The van der Waals surface area contributed by atoms with Crippen molar-refractivity contribution < 1.29 is 0 Å². The highest BCUT2D eigenvalue weighted by Crippen LogP contribution is 2.13. The fourth-order valence-corrected chi connectivity index (χ4v) is 2.51. The molecule has 5 nitrogen and oxygen atoms in total. The minimum Gasteiger partial charge on any atom is -0.369 e. The molecule has 0 aliphatic rings. The van der Waals surface area contributed by atoms with Crippen molar-refractivity contribution in [3.05, 3.63) is 41.5 Å². The Morgan fingerprint density at radius 2 is 2.00 bits per heavy atom. The van der Waals surface area contributed by atoms with Crippen LogP contribution in [0.4, 0.5) is 5.95 Å². The maximum absolute atomic E-state index is 6.05. The molecule has 0 radical (unpaired) electrons. The Kier molecular flexibility index (Phi) is 5.80. The van der Waals surface area contributed by atoms with E-state index in [1.807, 2.05) is 41.2 Å². The average Bonchev–Trinajstić information content (AvgIpc) is 2.52. The number of thioether (sulfide) groups is 1. The van der Waals surface area contributed by atoms with Gasteiger partial charge in [0.1, 0.15) is 0 Å². The monoisotopic (exact) mass is 303 g/mol. The summed E-state index contributed by atoms with van der Waals surface area (Å²) >= 11 is 1.57. The fraction of sp³-hybridized carbons (Fsp3) is 0.400. The van der Waals surface area contributed by atoms with E-state index in [2.05, 4.69) is 21.9 Å². The van der Waals surface area contributed by atoms with Crippen LogP contribution in [0.5, 0.6) is 0 Å². The van der Waals surface area contributed by atoms with Gasteiger partial charge >= 0.3 is 0 Å². The van der Waals surface area contributed by atoms with Gasteiger partial charge in [0.05, 0.1) is 6.54 Å². The van der Waals surface area contributed by atoms with Gasteiger partial charge in [-0.1, -0.05) is 55.4 Å². The SMILES string of the molecule is CCCCn1c(N)nc(=NCc2ccccc2)nc1SC. The van der Waals surface area contributed by atoms with Crippen LogP contribution in [0, 0.1) is 0 Å². The molecule has 0 saturated heterocycles. The van der Waals surface area contributed by atoms with Crippen molar-refractivity contribution in [2.75, 3.05) is 12.0 Å². The second kappa shape index (κ2) is 7.83. The van der Waals surface area contributed by atoms with Crippen molar-refractivity contribution >= 4 is 17.7 Å². The van der Waals surface area contributed by atoms with Crippen molar-refractivity contribution in [3.8, 4) is 0 Å². The van der Waals surface area contributed by atoms with Crippen molar-refractivity contribution in [2.45, 2.75) is 38.0 Å². The molecule has 0 saturated carbocycles. The van der Waals surface area contributed by atoms with E-state index in [1.165, 1.54) is 0 Å². The molecule has 0 bridgehead atoms. The second-order valence-corrected chi connectivity index (χ2v) is 5.45. The summed E-state index contributed by atoms with van der Waals surface area (Å²) in [6.45, 7) is 3.56. The standard InChI is InChI=1S/C15H21N5S/c1-3-4-10-20-13(16)18-14(19-15(20)21-2)17-11-12-8-6-5-7-9-12/h5-9H,3-4,10-11H2,1-2H3,(H2,16,17,18). The number of hydrogen-bond donors (Lipinski definition) is 1. The molecule has 2 rings (SSSR count). The van der Waals surface area contributed by atoms with E-state index in [1.54, 1.807) is 11.8 Å². The lowest BCUT2D eigenvalue weighted by Gasteiger charge is -2.12. The summed E-state index contributed by atoms with van der Waals surface area (Å²) in [7, 11) is 0. The topological polar surface area (TPSA) is 69.1 Å². The van der Waals surface area contributed by atoms with E-state index < -0.39 is 0 Å². The molecule has 0 atom stereocenters. The second-order valence-electron chi connectivity index (χ2n) is 4.68. The first-order valence-electron chi connectivity index (χ1n) is 7.07. The number of hydrogen-bond acceptors (Lipinski definition) is 5. The number of nitrogens with zero attached hydrogens (tertiary/aromatic N) is 4. The van der Waals surface area contributed by atoms with E-state index >= 15 is 0 Å². The highest BCUT2D eigenvalue weighted by atomic mass is 32.2. The van der Waals surface area contributed by atoms with E-state index in [9.17, 15) is 0 Å². The molecule has 0 aliphatic heterocycles. The zero-order valence-electron chi connectivity index (χ0n) is 12.5. The lowest BCUT2D eigenvalue weighted by atomic mass is 10.2. The minimum atomic E-state index is 0.452. The third-order valence-corrected chi connectivity index (χ3v) is 3.76. The number of rotatable bonds is 6. The Balaban J connectivity index is 2.27. The normalized spacial score (nSPS) is 11.8. The van der Waals surface area contributed by atoms with Gasteiger partial charge in [0, 0.05) is 6.54 Å². The lowest BCUT2D eigenvalue weighted by Crippen LogP contribution is -2.23. The molecule has 0 fully saturated rings. The number of benzene rings is 1. The van der Waals surface area contributed by atoms with E-state index in [-0.39, 0.29) is 0 Å². The number of aromatic nitrogens is 3. The number of anilines is 1. The van der Waals surface area contributed by atoms with Crippen LogP contribution in [0.1, 0.15) is 25.3 Å². The molecule has 1 aromatic heterocycles. The summed E-state index contributed by atoms with van der Waals surface area (Å²) < 4.78 is 1.95. The largest absolute Gasteiger partial charge is 0.369 e. The molecule has 1 heterocycles. The maximum atomic E-state index is 6.05. The predicted octanol–water partition coefficient (Wildman–Crippen LogP) is 2.48. The van der Waals surface area contributed by atoms with Crippen LogP contribution in [-0.2, 0) is 13.1 Å². The zero-order chi connectivity index (χ0) is 15.1. The quantitative estimate of drug-likeness (QED) is 0.832. The molecular weight excluding hydrogens is 282 g/mol. The first-order chi connectivity index (χ1) is 10.2. The number of nitrogens with two attached hydrogens (primary N) is 1. The lowest BCUT2D eigenvalue weighted by molar-refractivity contribution is 0.554. The van der Waals surface area contributed by atoms with E-state index in [0.29, 0.717) is 18.1 Å². The summed E-state index contributed by atoms with van der Waals surface area (Å²) in [4.78, 5) is 13.2. The summed E-state index contributed by atoms with van der Waals surface area (Å²) in [6.07, 6.45) is 4.16. The highest BCUT2D eigenvalue weighted by Gasteiger charge is 2.06. The van der Waals surface area contributed by atoms with Gasteiger partial charge in [-0.15, -0.1) is 0 Å². The van der Waals surface area contributed by atoms with Gasteiger partial charge < -0.3 is 5.73 Å². The molecule has 6 heteroatoms. The average molecular weight is 303 g/mol. The maximum Gasteiger partial charge on any atom is 0.250 e. The Morgan fingerprint density at radius 3 is 2.67 bits per heavy atom. The van der Waals surface area contributed by atoms with Gasteiger partial charge in [0.2, 0.25) is 5.95 Å². The fourth-order valence-electron chi connectivity index (χ4n) is 1.93. The predicted molar refractivity (Wildman–Crippen MR) is 86.8 cm³/mol. The van der Waals surface area contributed by atoms with Crippen molar-refractivity contribution in [1.29, 1.82) is 0 Å². The van der Waals surface area contributed by atoms with Gasteiger partial charge in [-0.25, -0.2) is 4.99 Å². The van der Waals surface area contributed by atoms with Gasteiger partial charge in [0.25, 0.3) is 5.62 Å². The Bertz CT molecular complexity index is 636. The molecule has 0 amide bonds. The van der Waals surface area contributed by atoms with Gasteiger partial charge in [0.15, 0.2) is 5.16 Å². The molecule has 0 unspecified atom stereocenters. The summed E-state index contributed by atoms with van der Waals surface area (Å²) in [5.74, 6) is 0.481. The Morgan fingerprint density at radius 1 is 1.24 bits per heavy atom. The molecule has 112 valence electrons. The third kappa shape index (κ3) is 4.32. The van der Waals surface area contributed by atoms with Crippen molar-refractivity contribution in [3.63, 3.8) is 0 Å². The van der Waals surface area contributed by atoms with Gasteiger partial charge in [-0.3, -0.25) is 4.57 Å². The number of unbranched alkanes of at least 4 members (excludes halogenated alkanes) is 1. The molecule has 2 N–H and O–H groups in total. The first kappa shape index (κ1) is 15.6. The van der Waals surface area contributed by atoms with Crippen molar-refractivity contribution in [1.82, 2.24) is 14.5 Å². The van der Waals surface area contributed by atoms with E-state index in [0.717, 1.165) is 30.1 Å². The third-order valence-electron chi connectivity index (χ3n) is 3.08. The van der Waals surface area contributed by atoms with Crippen LogP contribution >= 0.6 is 11.8 Å². The molecule has 21 heavy (non-hydrogen) atoms. The van der Waals surface area contributed by atoms with Crippen LogP contribution in [0.2, 0.25) is 0 Å². The summed E-state index contributed by atoms with van der Waals surface area (Å²) in [5.41, 5.74) is 7.63. The molecule has 1 aromatic carbocycles. The summed E-state index contributed by atoms with van der Waals surface area (Å²) in [6, 6.07) is 10.1. The van der Waals surface area contributed by atoms with Crippen LogP contribution in [0.25, 0.3) is 0 Å². The minimum absolute atomic E-state index is 0.452. The molecule has 2 aromatic rings.